The summed E-state index contributed by atoms with van der Waals surface area (Å²) < 4.78 is 2.26. The zero-order valence-electron chi connectivity index (χ0n) is 9.59. The second-order valence-electron chi connectivity index (χ2n) is 4.66. The van der Waals surface area contributed by atoms with E-state index in [2.05, 4.69) is 43.8 Å². The van der Waals surface area contributed by atoms with E-state index in [-0.39, 0.29) is 0 Å². The highest BCUT2D eigenvalue weighted by Crippen LogP contribution is 2.29. The molecule has 1 aliphatic carbocycles. The van der Waals surface area contributed by atoms with Crippen LogP contribution in [-0.4, -0.2) is 10.6 Å². The van der Waals surface area contributed by atoms with Crippen molar-refractivity contribution >= 4 is 0 Å². The fourth-order valence-electron chi connectivity index (χ4n) is 1.96. The molecule has 1 aromatic rings. The highest BCUT2D eigenvalue weighted by molar-refractivity contribution is 5.26. The minimum Gasteiger partial charge on any atom is -0.352 e. The van der Waals surface area contributed by atoms with Crippen molar-refractivity contribution in [2.75, 3.05) is 0 Å². The summed E-state index contributed by atoms with van der Waals surface area (Å²) in [6.07, 6.45) is 1.35. The number of rotatable bonds is 3. The van der Waals surface area contributed by atoms with Gasteiger partial charge in [0.25, 0.3) is 0 Å². The van der Waals surface area contributed by atoms with E-state index in [1.807, 2.05) is 0 Å². The number of nitrogens with one attached hydrogen (secondary N) is 1. The van der Waals surface area contributed by atoms with Gasteiger partial charge in [0, 0.05) is 31.0 Å². The molecule has 2 atom stereocenters. The molecule has 1 fully saturated rings. The molecule has 0 radical (unpaired) electrons. The van der Waals surface area contributed by atoms with Gasteiger partial charge >= 0.3 is 0 Å². The summed E-state index contributed by atoms with van der Waals surface area (Å²) in [5, 5.41) is 3.59. The van der Waals surface area contributed by atoms with Crippen molar-refractivity contribution in [1.29, 1.82) is 0 Å². The summed E-state index contributed by atoms with van der Waals surface area (Å²) in [5.74, 6) is 0.889. The maximum Gasteiger partial charge on any atom is 0.0226 e. The molecule has 2 heteroatoms. The van der Waals surface area contributed by atoms with Crippen molar-refractivity contribution in [1.82, 2.24) is 9.88 Å². The Hall–Kier alpha value is -0.760. The number of hydrogen-bond donors (Lipinski definition) is 1. The lowest BCUT2D eigenvalue weighted by atomic mass is 10.2. The molecule has 2 unspecified atom stereocenters. The van der Waals surface area contributed by atoms with Crippen LogP contribution in [0.5, 0.6) is 0 Å². The lowest BCUT2D eigenvalue weighted by molar-refractivity contribution is 0.648. The average Bonchev–Trinajstić information content (AvgIpc) is 2.80. The predicted octanol–water partition coefficient (Wildman–Crippen LogP) is 2.14. The first-order valence-corrected chi connectivity index (χ1v) is 5.44. The molecule has 14 heavy (non-hydrogen) atoms. The highest BCUT2D eigenvalue weighted by atomic mass is 15.0. The van der Waals surface area contributed by atoms with Crippen LogP contribution < -0.4 is 5.32 Å². The topological polar surface area (TPSA) is 17.0 Å². The summed E-state index contributed by atoms with van der Waals surface area (Å²) >= 11 is 0. The molecule has 1 aliphatic rings. The van der Waals surface area contributed by atoms with Crippen LogP contribution in [0.15, 0.2) is 6.07 Å². The Morgan fingerprint density at radius 3 is 2.57 bits per heavy atom. The number of aryl methyl sites for hydroxylation is 1. The molecule has 2 nitrogen and oxygen atoms in total. The third-order valence-corrected chi connectivity index (χ3v) is 3.54. The highest BCUT2D eigenvalue weighted by Gasteiger charge is 2.31. The minimum absolute atomic E-state index is 0.773. The molecule has 0 aliphatic heterocycles. The monoisotopic (exact) mass is 192 g/mol. The van der Waals surface area contributed by atoms with Gasteiger partial charge in [0.2, 0.25) is 0 Å². The Morgan fingerprint density at radius 1 is 1.50 bits per heavy atom. The van der Waals surface area contributed by atoms with Gasteiger partial charge in [-0.05, 0) is 37.8 Å². The Morgan fingerprint density at radius 2 is 2.14 bits per heavy atom. The van der Waals surface area contributed by atoms with Gasteiger partial charge < -0.3 is 9.88 Å². The zero-order chi connectivity index (χ0) is 10.3. The summed E-state index contributed by atoms with van der Waals surface area (Å²) in [6.45, 7) is 7.69. The second kappa shape index (κ2) is 3.43. The molecule has 1 N–H and O–H groups in total. The molecule has 1 heterocycles. The summed E-state index contributed by atoms with van der Waals surface area (Å²) in [7, 11) is 2.13. The van der Waals surface area contributed by atoms with Gasteiger partial charge in [0.1, 0.15) is 0 Å². The van der Waals surface area contributed by atoms with Gasteiger partial charge in [-0.2, -0.15) is 0 Å². The Labute approximate surface area is 86.3 Å². The van der Waals surface area contributed by atoms with Crippen LogP contribution in [0.2, 0.25) is 0 Å². The van der Waals surface area contributed by atoms with Crippen LogP contribution in [0, 0.1) is 19.8 Å². The van der Waals surface area contributed by atoms with Crippen LogP contribution in [0.1, 0.15) is 30.3 Å². The molecule has 0 saturated heterocycles. The van der Waals surface area contributed by atoms with Gasteiger partial charge in [-0.25, -0.2) is 0 Å². The van der Waals surface area contributed by atoms with E-state index in [4.69, 9.17) is 0 Å². The molecule has 0 spiro atoms. The van der Waals surface area contributed by atoms with Crippen molar-refractivity contribution < 1.29 is 0 Å². The Kier molecular flexibility index (Phi) is 2.40. The standard InChI is InChI=1S/C12H20N2/c1-8-5-12(8)13-7-11-6-9(2)14(4)10(11)3/h6,8,12-13H,5,7H2,1-4H3. The summed E-state index contributed by atoms with van der Waals surface area (Å²) in [4.78, 5) is 0. The molecule has 1 saturated carbocycles. The van der Waals surface area contributed by atoms with Crippen molar-refractivity contribution in [3.05, 3.63) is 23.0 Å². The van der Waals surface area contributed by atoms with E-state index in [9.17, 15) is 0 Å². The van der Waals surface area contributed by atoms with Gasteiger partial charge in [0.05, 0.1) is 0 Å². The first-order valence-electron chi connectivity index (χ1n) is 5.44. The first kappa shape index (κ1) is 9.78. The fourth-order valence-corrected chi connectivity index (χ4v) is 1.96. The van der Waals surface area contributed by atoms with Crippen LogP contribution in [0.4, 0.5) is 0 Å². The minimum atomic E-state index is 0.773. The molecule has 1 aromatic heterocycles. The normalized spacial score (nSPS) is 25.4. The van der Waals surface area contributed by atoms with Crippen LogP contribution in [0.25, 0.3) is 0 Å². The number of hydrogen-bond acceptors (Lipinski definition) is 1. The Bertz CT molecular complexity index is 338. The van der Waals surface area contributed by atoms with Gasteiger partial charge in [-0.15, -0.1) is 0 Å². The second-order valence-corrected chi connectivity index (χ2v) is 4.66. The SMILES string of the molecule is Cc1cc(CNC2CC2C)c(C)n1C. The van der Waals surface area contributed by atoms with Crippen molar-refractivity contribution in [3.63, 3.8) is 0 Å². The lowest BCUT2D eigenvalue weighted by Crippen LogP contribution is -2.17. The fraction of sp³-hybridized carbons (Fsp3) is 0.667. The van der Waals surface area contributed by atoms with Gasteiger partial charge in [0.15, 0.2) is 0 Å². The molecule has 78 valence electrons. The summed E-state index contributed by atoms with van der Waals surface area (Å²) in [6, 6.07) is 3.06. The molecular formula is C12H20N2. The van der Waals surface area contributed by atoms with Crippen molar-refractivity contribution in [2.24, 2.45) is 13.0 Å². The molecule has 0 amide bonds. The third-order valence-electron chi connectivity index (χ3n) is 3.54. The Balaban J connectivity index is 1.98. The number of aromatic nitrogens is 1. The predicted molar refractivity (Wildman–Crippen MR) is 59.3 cm³/mol. The van der Waals surface area contributed by atoms with Crippen molar-refractivity contribution in [2.45, 2.75) is 39.8 Å². The summed E-state index contributed by atoms with van der Waals surface area (Å²) in [5.41, 5.74) is 4.19. The van der Waals surface area contributed by atoms with Crippen LogP contribution in [-0.2, 0) is 13.6 Å². The van der Waals surface area contributed by atoms with Crippen LogP contribution >= 0.6 is 0 Å². The molecule has 2 rings (SSSR count). The van der Waals surface area contributed by atoms with E-state index < -0.39 is 0 Å². The smallest absolute Gasteiger partial charge is 0.0226 e. The molecule has 0 aromatic carbocycles. The molecule has 0 bridgehead atoms. The van der Waals surface area contributed by atoms with Crippen LogP contribution in [0.3, 0.4) is 0 Å². The first-order chi connectivity index (χ1) is 6.59. The zero-order valence-corrected chi connectivity index (χ0v) is 9.59. The quantitative estimate of drug-likeness (QED) is 0.776. The third kappa shape index (κ3) is 1.71. The van der Waals surface area contributed by atoms with E-state index in [0.29, 0.717) is 0 Å². The average molecular weight is 192 g/mol. The largest absolute Gasteiger partial charge is 0.352 e. The maximum atomic E-state index is 3.59. The molecular weight excluding hydrogens is 172 g/mol. The van der Waals surface area contributed by atoms with E-state index in [0.717, 1.165) is 18.5 Å². The maximum absolute atomic E-state index is 3.59. The van der Waals surface area contributed by atoms with E-state index in [1.165, 1.54) is 23.4 Å². The van der Waals surface area contributed by atoms with E-state index in [1.54, 1.807) is 0 Å². The lowest BCUT2D eigenvalue weighted by Gasteiger charge is -2.04. The van der Waals surface area contributed by atoms with Gasteiger partial charge in [-0.3, -0.25) is 0 Å². The van der Waals surface area contributed by atoms with E-state index >= 15 is 0 Å². The van der Waals surface area contributed by atoms with Crippen molar-refractivity contribution in [3.8, 4) is 0 Å². The van der Waals surface area contributed by atoms with Gasteiger partial charge in [-0.1, -0.05) is 6.92 Å². The number of nitrogens with zero attached hydrogens (tertiary/aromatic N) is 1.